The highest BCUT2D eigenvalue weighted by Gasteiger charge is 2.51. The summed E-state index contributed by atoms with van der Waals surface area (Å²) in [4.78, 5) is 15.9. The van der Waals surface area contributed by atoms with E-state index in [1.54, 1.807) is 0 Å². The molecule has 0 amide bonds. The van der Waals surface area contributed by atoms with E-state index >= 15 is 4.79 Å². The van der Waals surface area contributed by atoms with Crippen molar-refractivity contribution >= 4 is 6.16 Å². The molecule has 0 spiro atoms. The maximum Gasteiger partial charge on any atom is 0.519 e. The van der Waals surface area contributed by atoms with Gasteiger partial charge in [0.15, 0.2) is 0 Å². The molecule has 11 nitrogen and oxygen atoms in total. The van der Waals surface area contributed by atoms with Gasteiger partial charge in [0.05, 0.1) is 37.3 Å². The number of ether oxygens (including phenoxy) is 6. The Hall–Kier alpha value is -9.49. The largest absolute Gasteiger partial charge is 0.519 e. The smallest absolute Gasteiger partial charge is 0.491 e. The van der Waals surface area contributed by atoms with Crippen LogP contribution in [0, 0.1) is 0 Å². The van der Waals surface area contributed by atoms with Crippen molar-refractivity contribution in [1.29, 1.82) is 0 Å². The summed E-state index contributed by atoms with van der Waals surface area (Å²) in [7, 11) is 0. The summed E-state index contributed by atoms with van der Waals surface area (Å²) in [6.45, 7) is -0.0967. The quantitative estimate of drug-likeness (QED) is 0.0426. The average molecular weight is 1090 g/mol. The lowest BCUT2D eigenvalue weighted by atomic mass is 9.66. The standard InChI is InChI=1S/C71H58O11/c72-38-42-77-53-30-22-49(23-31-53)70(50-24-32-54(33-25-50)78-43-39-73)62-19-9-7-16-57(62)59-18-11-21-64(66(59)70)81-69(76)82-68-65(48-14-5-2-6-15-48)60(47-12-3-1-4-13-47)46-61-58-17-8-10-20-63(58)71(67(61)68,51-26-34-55(35-27-51)79-44-40-74)52-28-36-56(37-29-52)80-45-41-75/h1-37,46,72-75H,38-45H2. The number of fused-ring (bicyclic) bond motifs is 6. The van der Waals surface area contributed by atoms with E-state index in [4.69, 9.17) is 28.4 Å². The van der Waals surface area contributed by atoms with Crippen LogP contribution in [0.5, 0.6) is 34.5 Å². The molecule has 82 heavy (non-hydrogen) atoms. The van der Waals surface area contributed by atoms with Crippen LogP contribution in [0.4, 0.5) is 4.79 Å². The fraction of sp³-hybridized carbons (Fsp3) is 0.141. The maximum atomic E-state index is 15.9. The highest BCUT2D eigenvalue weighted by atomic mass is 16.7. The van der Waals surface area contributed by atoms with Crippen molar-refractivity contribution in [2.45, 2.75) is 10.8 Å². The van der Waals surface area contributed by atoms with Crippen LogP contribution in [0.3, 0.4) is 0 Å². The van der Waals surface area contributed by atoms with E-state index < -0.39 is 17.0 Å². The van der Waals surface area contributed by atoms with Crippen LogP contribution >= 0.6 is 0 Å². The molecular formula is C71H58O11. The molecule has 4 N–H and O–H groups in total. The molecule has 0 atom stereocenters. The summed E-state index contributed by atoms with van der Waals surface area (Å²) in [5.41, 5.74) is 11.2. The van der Waals surface area contributed by atoms with E-state index in [0.29, 0.717) is 39.7 Å². The van der Waals surface area contributed by atoms with Gasteiger partial charge in [0.1, 0.15) is 60.9 Å². The number of hydrogen-bond donors (Lipinski definition) is 4. The van der Waals surface area contributed by atoms with Crippen LogP contribution < -0.4 is 28.4 Å². The number of carbonyl (C=O) groups is 1. The Labute approximate surface area is 475 Å². The minimum Gasteiger partial charge on any atom is -0.491 e. The summed E-state index contributed by atoms with van der Waals surface area (Å²) in [5, 5.41) is 38.7. The molecule has 0 unspecified atom stereocenters. The third-order valence-corrected chi connectivity index (χ3v) is 15.4. The van der Waals surface area contributed by atoms with Gasteiger partial charge in [-0.2, -0.15) is 0 Å². The molecule has 10 aromatic rings. The Kier molecular flexibility index (Phi) is 15.1. The molecule has 11 heteroatoms. The molecular weight excluding hydrogens is 1030 g/mol. The van der Waals surface area contributed by atoms with E-state index in [0.717, 1.165) is 72.3 Å². The van der Waals surface area contributed by atoms with Gasteiger partial charge in [-0.1, -0.05) is 170 Å². The lowest BCUT2D eigenvalue weighted by molar-refractivity contribution is 0.151. The zero-order valence-electron chi connectivity index (χ0n) is 44.7. The van der Waals surface area contributed by atoms with Crippen LogP contribution in [0.2, 0.25) is 0 Å². The third-order valence-electron chi connectivity index (χ3n) is 15.4. The highest BCUT2D eigenvalue weighted by molar-refractivity contribution is 6.00. The number of carbonyl (C=O) groups excluding carboxylic acids is 1. The zero-order valence-corrected chi connectivity index (χ0v) is 44.7. The molecule has 0 bridgehead atoms. The minimum absolute atomic E-state index is 0.116. The molecule has 408 valence electrons. The number of hydrogen-bond acceptors (Lipinski definition) is 11. The highest BCUT2D eigenvalue weighted by Crippen LogP contribution is 2.63. The number of aliphatic hydroxyl groups excluding tert-OH is 4. The first kappa shape index (κ1) is 53.2. The van der Waals surface area contributed by atoms with E-state index in [1.807, 2.05) is 188 Å². The lowest BCUT2D eigenvalue weighted by Gasteiger charge is -2.36. The second-order valence-electron chi connectivity index (χ2n) is 19.9. The molecule has 12 rings (SSSR count). The van der Waals surface area contributed by atoms with Crippen LogP contribution in [0.1, 0.15) is 44.5 Å². The summed E-state index contributed by atoms with van der Waals surface area (Å²) in [5.74, 6) is 2.85. The summed E-state index contributed by atoms with van der Waals surface area (Å²) in [6.07, 6.45) is -0.978. The predicted octanol–water partition coefficient (Wildman–Crippen LogP) is 12.8. The molecule has 0 radical (unpaired) electrons. The maximum absolute atomic E-state index is 15.9. The fourth-order valence-corrected chi connectivity index (χ4v) is 12.3. The first-order valence-electron chi connectivity index (χ1n) is 27.3. The van der Waals surface area contributed by atoms with Crippen LogP contribution in [-0.2, 0) is 10.8 Å². The van der Waals surface area contributed by atoms with Crippen molar-refractivity contribution in [2.75, 3.05) is 52.9 Å². The monoisotopic (exact) mass is 1090 g/mol. The van der Waals surface area contributed by atoms with E-state index in [2.05, 4.69) is 42.5 Å². The van der Waals surface area contributed by atoms with E-state index in [-0.39, 0.29) is 64.4 Å². The van der Waals surface area contributed by atoms with Crippen LogP contribution in [-0.4, -0.2) is 79.4 Å². The molecule has 0 aromatic heterocycles. The summed E-state index contributed by atoms with van der Waals surface area (Å²) in [6, 6.07) is 75.6. The van der Waals surface area contributed by atoms with Gasteiger partial charge < -0.3 is 48.8 Å². The molecule has 0 aliphatic heterocycles. The van der Waals surface area contributed by atoms with Crippen molar-refractivity contribution in [3.8, 4) is 79.0 Å². The molecule has 0 saturated carbocycles. The summed E-state index contributed by atoms with van der Waals surface area (Å²) < 4.78 is 37.7. The fourth-order valence-electron chi connectivity index (χ4n) is 12.3. The Morgan fingerprint density at radius 1 is 0.341 bits per heavy atom. The van der Waals surface area contributed by atoms with Gasteiger partial charge in [0.25, 0.3) is 0 Å². The van der Waals surface area contributed by atoms with Gasteiger partial charge in [-0.3, -0.25) is 0 Å². The van der Waals surface area contributed by atoms with Crippen molar-refractivity contribution in [2.24, 2.45) is 0 Å². The minimum atomic E-state index is -1.17. The Bertz CT molecular complexity index is 3760. The molecule has 2 aliphatic carbocycles. The van der Waals surface area contributed by atoms with Crippen molar-refractivity contribution in [1.82, 2.24) is 0 Å². The van der Waals surface area contributed by atoms with Gasteiger partial charge in [0, 0.05) is 16.7 Å². The second kappa shape index (κ2) is 23.3. The lowest BCUT2D eigenvalue weighted by Crippen LogP contribution is -2.31. The van der Waals surface area contributed by atoms with Crippen molar-refractivity contribution < 1.29 is 53.6 Å². The normalized spacial score (nSPS) is 13.0. The van der Waals surface area contributed by atoms with Crippen LogP contribution in [0.15, 0.2) is 231 Å². The van der Waals surface area contributed by atoms with Gasteiger partial charge >= 0.3 is 6.16 Å². The van der Waals surface area contributed by atoms with Gasteiger partial charge in [0.2, 0.25) is 0 Å². The molecule has 0 fully saturated rings. The van der Waals surface area contributed by atoms with E-state index in [1.165, 1.54) is 0 Å². The van der Waals surface area contributed by atoms with Gasteiger partial charge in [-0.15, -0.1) is 0 Å². The SMILES string of the molecule is O=C(Oc1cccc2c1C(c1ccc(OCCO)cc1)(c1ccc(OCCO)cc1)c1ccccc1-2)Oc1c(-c2ccccc2)c(-c2ccccc2)cc2c1C(c1ccc(OCCO)cc1)(c1ccc(OCCO)cc1)c1ccccc1-2. The van der Waals surface area contributed by atoms with Crippen LogP contribution in [0.25, 0.3) is 44.5 Å². The molecule has 10 aromatic carbocycles. The Morgan fingerprint density at radius 3 is 1.16 bits per heavy atom. The van der Waals surface area contributed by atoms with Crippen molar-refractivity contribution in [3.05, 3.63) is 275 Å². The summed E-state index contributed by atoms with van der Waals surface area (Å²) >= 11 is 0. The third kappa shape index (κ3) is 9.39. The zero-order chi connectivity index (χ0) is 56.0. The topological polar surface area (TPSA) is 153 Å². The van der Waals surface area contributed by atoms with E-state index in [9.17, 15) is 20.4 Å². The average Bonchev–Trinajstić information content (AvgIpc) is 1.90. The Morgan fingerprint density at radius 2 is 0.720 bits per heavy atom. The van der Waals surface area contributed by atoms with Gasteiger partial charge in [-0.25, -0.2) is 4.79 Å². The van der Waals surface area contributed by atoms with Gasteiger partial charge in [-0.05, 0) is 133 Å². The molecule has 0 saturated heterocycles. The molecule has 2 aliphatic rings. The van der Waals surface area contributed by atoms with Crippen molar-refractivity contribution in [3.63, 3.8) is 0 Å². The number of aliphatic hydroxyl groups is 4. The predicted molar refractivity (Wildman–Crippen MR) is 315 cm³/mol. The first-order valence-corrected chi connectivity index (χ1v) is 27.3. The first-order chi connectivity index (χ1) is 40.4. The Balaban J connectivity index is 1.10. The molecule has 0 heterocycles. The number of rotatable bonds is 20. The number of benzene rings is 10. The second-order valence-corrected chi connectivity index (χ2v) is 19.9.